The van der Waals surface area contributed by atoms with Gasteiger partial charge in [-0.25, -0.2) is 0 Å². The van der Waals surface area contributed by atoms with Gasteiger partial charge >= 0.3 is 12.1 Å². The standard InChI is InChI=1S/C16H16F3N3O2/c1-21-11(6-14(20-21)16(17,18)19)8-22-7-10-4-2-3-5-12(10)13(9-22)15(23)24/h2-6,13H,7-9H2,1H3,(H,23,24). The van der Waals surface area contributed by atoms with Crippen LogP contribution in [-0.4, -0.2) is 32.3 Å². The molecule has 1 aliphatic heterocycles. The Labute approximate surface area is 136 Å². The van der Waals surface area contributed by atoms with Crippen LogP contribution < -0.4 is 0 Å². The maximum absolute atomic E-state index is 12.8. The molecule has 0 fully saturated rings. The Morgan fingerprint density at radius 2 is 2.08 bits per heavy atom. The number of carbonyl (C=O) groups is 1. The Morgan fingerprint density at radius 3 is 2.71 bits per heavy atom. The number of carboxylic acids is 1. The third-order valence-electron chi connectivity index (χ3n) is 4.22. The van der Waals surface area contributed by atoms with Crippen molar-refractivity contribution < 1.29 is 23.1 Å². The van der Waals surface area contributed by atoms with Crippen LogP contribution in [0.5, 0.6) is 0 Å². The lowest BCUT2D eigenvalue weighted by molar-refractivity contribution is -0.141. The van der Waals surface area contributed by atoms with Crippen molar-refractivity contribution in [2.75, 3.05) is 6.54 Å². The Balaban J connectivity index is 1.85. The van der Waals surface area contributed by atoms with Gasteiger partial charge in [-0.2, -0.15) is 18.3 Å². The van der Waals surface area contributed by atoms with Crippen LogP contribution >= 0.6 is 0 Å². The van der Waals surface area contributed by atoms with Gasteiger partial charge in [-0.05, 0) is 17.2 Å². The van der Waals surface area contributed by atoms with Gasteiger partial charge in [0.1, 0.15) is 0 Å². The minimum atomic E-state index is -4.49. The zero-order chi connectivity index (χ0) is 17.5. The molecule has 2 heterocycles. The minimum absolute atomic E-state index is 0.206. The number of hydrogen-bond acceptors (Lipinski definition) is 3. The highest BCUT2D eigenvalue weighted by molar-refractivity contribution is 5.77. The van der Waals surface area contributed by atoms with Crippen LogP contribution in [0, 0.1) is 0 Å². The second-order valence-electron chi connectivity index (χ2n) is 5.90. The van der Waals surface area contributed by atoms with E-state index in [1.165, 1.54) is 11.7 Å². The molecule has 1 aliphatic rings. The number of nitrogens with zero attached hydrogens (tertiary/aromatic N) is 3. The number of aryl methyl sites for hydroxylation is 1. The quantitative estimate of drug-likeness (QED) is 0.934. The van der Waals surface area contributed by atoms with Crippen LogP contribution in [0.25, 0.3) is 0 Å². The van der Waals surface area contributed by atoms with Crippen molar-refractivity contribution in [3.05, 3.63) is 52.8 Å². The van der Waals surface area contributed by atoms with Gasteiger partial charge < -0.3 is 5.11 Å². The summed E-state index contributed by atoms with van der Waals surface area (Å²) in [4.78, 5) is 13.4. The highest BCUT2D eigenvalue weighted by Gasteiger charge is 2.35. The first-order chi connectivity index (χ1) is 11.3. The monoisotopic (exact) mass is 339 g/mol. The lowest BCUT2D eigenvalue weighted by Gasteiger charge is -2.32. The third-order valence-corrected chi connectivity index (χ3v) is 4.22. The molecule has 0 bridgehead atoms. The summed E-state index contributed by atoms with van der Waals surface area (Å²) in [5.41, 5.74) is 1.11. The molecule has 1 aromatic heterocycles. The fraction of sp³-hybridized carbons (Fsp3) is 0.375. The SMILES string of the molecule is Cn1nc(C(F)(F)F)cc1CN1Cc2ccccc2C(C(=O)O)C1. The highest BCUT2D eigenvalue weighted by atomic mass is 19.4. The molecule has 0 spiro atoms. The van der Waals surface area contributed by atoms with Gasteiger partial charge in [0.05, 0.1) is 11.6 Å². The average Bonchev–Trinajstić information content (AvgIpc) is 2.87. The van der Waals surface area contributed by atoms with Crippen molar-refractivity contribution in [2.45, 2.75) is 25.2 Å². The highest BCUT2D eigenvalue weighted by Crippen LogP contribution is 2.31. The van der Waals surface area contributed by atoms with E-state index in [0.717, 1.165) is 17.2 Å². The lowest BCUT2D eigenvalue weighted by atomic mass is 9.90. The minimum Gasteiger partial charge on any atom is -0.481 e. The number of aliphatic carboxylic acids is 1. The number of fused-ring (bicyclic) bond motifs is 1. The van der Waals surface area contributed by atoms with Crippen molar-refractivity contribution in [1.29, 1.82) is 0 Å². The maximum Gasteiger partial charge on any atom is 0.435 e. The number of halogens is 3. The summed E-state index contributed by atoms with van der Waals surface area (Å²) in [5, 5.41) is 12.9. The van der Waals surface area contributed by atoms with Gasteiger partial charge in [0, 0.05) is 26.7 Å². The summed E-state index contributed by atoms with van der Waals surface area (Å²) < 4.78 is 39.5. The van der Waals surface area contributed by atoms with Crippen molar-refractivity contribution in [2.24, 2.45) is 7.05 Å². The first-order valence-electron chi connectivity index (χ1n) is 7.39. The zero-order valence-corrected chi connectivity index (χ0v) is 12.9. The Morgan fingerprint density at radius 1 is 1.38 bits per heavy atom. The Bertz CT molecular complexity index is 770. The maximum atomic E-state index is 12.8. The summed E-state index contributed by atoms with van der Waals surface area (Å²) in [7, 11) is 1.46. The van der Waals surface area contributed by atoms with E-state index in [9.17, 15) is 23.1 Å². The molecule has 2 aromatic rings. The number of hydrogen-bond donors (Lipinski definition) is 1. The Hall–Kier alpha value is -2.35. The molecule has 3 rings (SSSR count). The van der Waals surface area contributed by atoms with Crippen molar-refractivity contribution in [1.82, 2.24) is 14.7 Å². The average molecular weight is 339 g/mol. The number of benzene rings is 1. The van der Waals surface area contributed by atoms with Gasteiger partial charge in [-0.3, -0.25) is 14.4 Å². The topological polar surface area (TPSA) is 58.4 Å². The lowest BCUT2D eigenvalue weighted by Crippen LogP contribution is -2.36. The molecular formula is C16H16F3N3O2. The summed E-state index contributed by atoms with van der Waals surface area (Å²) in [6.07, 6.45) is -4.49. The van der Waals surface area contributed by atoms with E-state index < -0.39 is 23.8 Å². The third kappa shape index (κ3) is 3.14. The van der Waals surface area contributed by atoms with E-state index in [4.69, 9.17) is 0 Å². The molecule has 0 saturated carbocycles. The van der Waals surface area contributed by atoms with Crippen LogP contribution in [0.15, 0.2) is 30.3 Å². The van der Waals surface area contributed by atoms with Gasteiger partial charge in [0.15, 0.2) is 5.69 Å². The molecule has 1 aromatic carbocycles. The molecule has 0 radical (unpaired) electrons. The van der Waals surface area contributed by atoms with Crippen LogP contribution in [0.2, 0.25) is 0 Å². The Kier molecular flexibility index (Phi) is 4.08. The smallest absolute Gasteiger partial charge is 0.435 e. The van der Waals surface area contributed by atoms with Crippen LogP contribution in [-0.2, 0) is 31.1 Å². The number of alkyl halides is 3. The van der Waals surface area contributed by atoms with Gasteiger partial charge in [0.25, 0.3) is 0 Å². The van der Waals surface area contributed by atoms with Crippen LogP contribution in [0.4, 0.5) is 13.2 Å². The molecule has 24 heavy (non-hydrogen) atoms. The van der Waals surface area contributed by atoms with E-state index in [1.807, 2.05) is 17.0 Å². The molecule has 1 N–H and O–H groups in total. The number of rotatable bonds is 3. The first kappa shape index (κ1) is 16.5. The van der Waals surface area contributed by atoms with Crippen LogP contribution in [0.1, 0.15) is 28.4 Å². The van der Waals surface area contributed by atoms with E-state index in [0.29, 0.717) is 12.2 Å². The molecule has 0 saturated heterocycles. The second kappa shape index (κ2) is 5.94. The van der Waals surface area contributed by atoms with E-state index >= 15 is 0 Å². The zero-order valence-electron chi connectivity index (χ0n) is 12.9. The molecule has 1 atom stereocenters. The largest absolute Gasteiger partial charge is 0.481 e. The summed E-state index contributed by atoms with van der Waals surface area (Å²) in [6, 6.07) is 8.27. The normalized spacial score (nSPS) is 18.4. The molecule has 128 valence electrons. The van der Waals surface area contributed by atoms with E-state index in [-0.39, 0.29) is 13.1 Å². The molecule has 5 nitrogen and oxygen atoms in total. The van der Waals surface area contributed by atoms with Gasteiger partial charge in [-0.1, -0.05) is 24.3 Å². The fourth-order valence-electron chi connectivity index (χ4n) is 3.03. The first-order valence-corrected chi connectivity index (χ1v) is 7.39. The molecule has 8 heteroatoms. The molecule has 0 aliphatic carbocycles. The number of aromatic nitrogens is 2. The van der Waals surface area contributed by atoms with E-state index in [2.05, 4.69) is 5.10 Å². The van der Waals surface area contributed by atoms with Crippen molar-refractivity contribution in [3.63, 3.8) is 0 Å². The van der Waals surface area contributed by atoms with Gasteiger partial charge in [-0.15, -0.1) is 0 Å². The molecule has 0 amide bonds. The van der Waals surface area contributed by atoms with E-state index in [1.54, 1.807) is 12.1 Å². The summed E-state index contributed by atoms with van der Waals surface area (Å²) in [6.45, 7) is 0.947. The fourth-order valence-corrected chi connectivity index (χ4v) is 3.03. The second-order valence-corrected chi connectivity index (χ2v) is 5.90. The summed E-state index contributed by atoms with van der Waals surface area (Å²) >= 11 is 0. The predicted octanol–water partition coefficient (Wildman–Crippen LogP) is 2.62. The van der Waals surface area contributed by atoms with Crippen LogP contribution in [0.3, 0.4) is 0 Å². The predicted molar refractivity (Wildman–Crippen MR) is 79.1 cm³/mol. The summed E-state index contributed by atoms with van der Waals surface area (Å²) in [5.74, 6) is -1.63. The van der Waals surface area contributed by atoms with Gasteiger partial charge in [0.2, 0.25) is 0 Å². The number of carboxylic acid groups (broad SMARTS) is 1. The van der Waals surface area contributed by atoms with Crippen molar-refractivity contribution >= 4 is 5.97 Å². The molecular weight excluding hydrogens is 323 g/mol. The molecule has 1 unspecified atom stereocenters. The van der Waals surface area contributed by atoms with Crippen molar-refractivity contribution in [3.8, 4) is 0 Å².